The van der Waals surface area contributed by atoms with Gasteiger partial charge in [-0.05, 0) is 141 Å². The van der Waals surface area contributed by atoms with Crippen molar-refractivity contribution in [3.63, 3.8) is 0 Å². The number of likely N-dealkylation sites (N-methyl/N-ethyl adjacent to an activating group) is 1. The van der Waals surface area contributed by atoms with Crippen molar-refractivity contribution in [3.05, 3.63) is 194 Å². The fourth-order valence-corrected chi connectivity index (χ4v) is 10.3. The van der Waals surface area contributed by atoms with Crippen LogP contribution in [0, 0.1) is 0 Å². The maximum atomic E-state index is 12.9. The molecule has 0 heterocycles. The lowest BCUT2D eigenvalue weighted by Gasteiger charge is -2.24. The van der Waals surface area contributed by atoms with Gasteiger partial charge in [0.2, 0.25) is 0 Å². The van der Waals surface area contributed by atoms with Crippen LogP contribution in [0.5, 0.6) is 0 Å². The summed E-state index contributed by atoms with van der Waals surface area (Å²) in [4.78, 5) is 35.9. The Balaban J connectivity index is 4.14. The quantitative estimate of drug-likeness (QED) is 0.0211. The van der Waals surface area contributed by atoms with Crippen LogP contribution in [0.3, 0.4) is 0 Å². The van der Waals surface area contributed by atoms with Crippen LogP contribution < -0.4 is 0 Å². The SMILES string of the molecule is CC/C=C\C/C=C\C/C=C\C/C=C\C/C=C\C/C=C\C/C=C\C/C=C\C/C=C\C/C=C\CCCCCCC(=O)OC(COC(=O)CCCCCCCCCCCCCCCCCC/C=C\C/C=C\C/C=C\C/C=C\C/C=C\C/C=C\CC)COP(=O)(O)OCC[N+](C)(C)C. The van der Waals surface area contributed by atoms with Crippen molar-refractivity contribution in [2.45, 2.75) is 277 Å². The van der Waals surface area contributed by atoms with Gasteiger partial charge in [0.15, 0.2) is 6.10 Å². The number of carbonyl (C=O) groups is 2. The summed E-state index contributed by atoms with van der Waals surface area (Å²) in [6, 6.07) is 0. The van der Waals surface area contributed by atoms with E-state index in [9.17, 15) is 19.0 Å². The van der Waals surface area contributed by atoms with Crippen LogP contribution in [0.4, 0.5) is 0 Å². The number of quaternary nitrogens is 1. The zero-order chi connectivity index (χ0) is 68.3. The zero-order valence-corrected chi connectivity index (χ0v) is 61.3. The van der Waals surface area contributed by atoms with Gasteiger partial charge in [-0.3, -0.25) is 18.6 Å². The van der Waals surface area contributed by atoms with Gasteiger partial charge in [0.1, 0.15) is 19.8 Å². The molecule has 0 aromatic rings. The number of hydrogen-bond acceptors (Lipinski definition) is 7. The molecular weight excluding hydrogens is 1180 g/mol. The lowest BCUT2D eigenvalue weighted by atomic mass is 10.0. The van der Waals surface area contributed by atoms with E-state index in [1.165, 1.54) is 89.9 Å². The van der Waals surface area contributed by atoms with Gasteiger partial charge in [0.25, 0.3) is 0 Å². The van der Waals surface area contributed by atoms with Crippen molar-refractivity contribution >= 4 is 19.8 Å². The fraction of sp³-hybridized carbons (Fsp3) is 0.595. The van der Waals surface area contributed by atoms with E-state index < -0.39 is 26.5 Å². The van der Waals surface area contributed by atoms with Crippen LogP contribution in [0.25, 0.3) is 0 Å². The smallest absolute Gasteiger partial charge is 0.462 e. The molecule has 530 valence electrons. The monoisotopic (exact) mass is 1320 g/mol. The summed E-state index contributed by atoms with van der Waals surface area (Å²) in [5.74, 6) is -0.835. The number of ether oxygens (including phenoxy) is 2. The van der Waals surface area contributed by atoms with E-state index >= 15 is 0 Å². The average molecular weight is 1320 g/mol. The topological polar surface area (TPSA) is 108 Å². The highest BCUT2D eigenvalue weighted by atomic mass is 31.2. The summed E-state index contributed by atoms with van der Waals surface area (Å²) in [7, 11) is 1.44. The lowest BCUT2D eigenvalue weighted by Crippen LogP contribution is -2.37. The summed E-state index contributed by atoms with van der Waals surface area (Å²) in [5, 5.41) is 0. The largest absolute Gasteiger partial charge is 0.472 e. The van der Waals surface area contributed by atoms with Gasteiger partial charge in [-0.2, -0.15) is 0 Å². The highest BCUT2D eigenvalue weighted by molar-refractivity contribution is 7.47. The minimum absolute atomic E-state index is 0.0168. The van der Waals surface area contributed by atoms with Crippen molar-refractivity contribution in [2.75, 3.05) is 47.5 Å². The number of phosphoric ester groups is 1. The van der Waals surface area contributed by atoms with E-state index in [-0.39, 0.29) is 32.0 Å². The lowest BCUT2D eigenvalue weighted by molar-refractivity contribution is -0.870. The molecule has 0 radical (unpaired) electrons. The molecule has 0 bridgehead atoms. The van der Waals surface area contributed by atoms with Gasteiger partial charge in [0.05, 0.1) is 27.7 Å². The summed E-state index contributed by atoms with van der Waals surface area (Å²) in [5.41, 5.74) is 0. The number of esters is 2. The number of hydrogen-bond donors (Lipinski definition) is 1. The van der Waals surface area contributed by atoms with Crippen LogP contribution in [0.2, 0.25) is 0 Å². The highest BCUT2D eigenvalue weighted by Gasteiger charge is 2.27. The Morgan fingerprint density at radius 2 is 0.574 bits per heavy atom. The number of allylic oxidation sites excluding steroid dienone is 32. The molecule has 2 atom stereocenters. The van der Waals surface area contributed by atoms with E-state index in [1.807, 2.05) is 21.1 Å². The molecule has 0 saturated carbocycles. The number of unbranched alkanes of at least 4 members (excludes halogenated alkanes) is 20. The summed E-state index contributed by atoms with van der Waals surface area (Å²) in [6.45, 7) is 4.16. The van der Waals surface area contributed by atoms with E-state index in [0.717, 1.165) is 148 Å². The van der Waals surface area contributed by atoms with Crippen molar-refractivity contribution in [1.82, 2.24) is 0 Å². The standard InChI is InChI=1S/C84H136NO8P/c1-6-8-10-12-14-16-18-20-22-24-26-28-30-32-34-36-38-40-42-44-46-48-50-52-54-56-58-60-62-64-66-68-70-72-74-76-83(86)90-80-82(81-92-94(88,89)91-79-78-85(3,4)5)93-84(87)77-75-73-71-69-67-65-63-61-59-57-55-53-51-49-47-45-43-41-39-37-35-33-31-29-27-25-23-21-19-17-15-13-11-9-7-2/h8-11,14-17,20-23,26-29,32-35,38-41,45,47,51,53,57,59,63,65,82H,6-7,12-13,18-19,24-25,30-31,36-37,42-44,46,48-50,52,54-56,58,60-62,64,66-81H2,1-5H3/p+1/b10-8-,11-9-,16-14-,17-15-,22-20-,23-21-,28-26-,29-27-,34-32-,35-33-,40-38-,41-39-,47-45-,53-51-,59-57-,65-63-. The Labute approximate surface area is 577 Å². The molecule has 0 aromatic carbocycles. The first-order valence-electron chi connectivity index (χ1n) is 37.2. The normalized spacial score (nSPS) is 14.2. The molecule has 10 heteroatoms. The Bertz CT molecular complexity index is 2290. The molecule has 0 aliphatic rings. The molecule has 0 aliphatic heterocycles. The van der Waals surface area contributed by atoms with E-state index in [1.54, 1.807) is 0 Å². The molecule has 0 aliphatic carbocycles. The summed E-state index contributed by atoms with van der Waals surface area (Å²) >= 11 is 0. The van der Waals surface area contributed by atoms with Crippen molar-refractivity contribution in [1.29, 1.82) is 0 Å². The molecule has 2 unspecified atom stereocenters. The van der Waals surface area contributed by atoms with Crippen molar-refractivity contribution in [3.8, 4) is 0 Å². The maximum absolute atomic E-state index is 12.9. The van der Waals surface area contributed by atoms with Crippen molar-refractivity contribution < 1.29 is 42.1 Å². The minimum Gasteiger partial charge on any atom is -0.462 e. The molecule has 9 nitrogen and oxygen atoms in total. The first-order valence-corrected chi connectivity index (χ1v) is 38.7. The second kappa shape index (κ2) is 72.1. The van der Waals surface area contributed by atoms with Crippen LogP contribution in [0.1, 0.15) is 271 Å². The molecule has 1 N–H and O–H groups in total. The Morgan fingerprint density at radius 3 is 0.851 bits per heavy atom. The van der Waals surface area contributed by atoms with Gasteiger partial charge in [-0.15, -0.1) is 0 Å². The van der Waals surface area contributed by atoms with Crippen LogP contribution in [0.15, 0.2) is 194 Å². The Hall–Kier alpha value is -5.15. The number of carbonyl (C=O) groups excluding carboxylic acids is 2. The van der Waals surface area contributed by atoms with Crippen molar-refractivity contribution in [2.24, 2.45) is 0 Å². The molecule has 0 amide bonds. The molecule has 0 spiro atoms. The van der Waals surface area contributed by atoms with E-state index in [4.69, 9.17) is 18.5 Å². The maximum Gasteiger partial charge on any atom is 0.472 e. The third-order valence-corrected chi connectivity index (χ3v) is 16.1. The van der Waals surface area contributed by atoms with Gasteiger partial charge in [-0.1, -0.05) is 311 Å². The minimum atomic E-state index is -4.42. The fourth-order valence-electron chi connectivity index (χ4n) is 9.52. The van der Waals surface area contributed by atoms with Gasteiger partial charge in [0, 0.05) is 12.8 Å². The second-order valence-corrected chi connectivity index (χ2v) is 26.7. The molecule has 0 aromatic heterocycles. The summed E-state index contributed by atoms with van der Waals surface area (Å²) in [6.07, 6.45) is 113. The number of rotatable bonds is 66. The number of nitrogens with zero attached hydrogens (tertiary/aromatic N) is 1. The summed E-state index contributed by atoms with van der Waals surface area (Å²) < 4.78 is 34.7. The highest BCUT2D eigenvalue weighted by Crippen LogP contribution is 2.43. The first-order chi connectivity index (χ1) is 46.0. The Kier molecular flexibility index (Phi) is 68.2. The first kappa shape index (κ1) is 88.8. The van der Waals surface area contributed by atoms with Gasteiger partial charge >= 0.3 is 19.8 Å². The number of phosphoric acid groups is 1. The third-order valence-electron chi connectivity index (χ3n) is 15.1. The predicted octanol–water partition coefficient (Wildman–Crippen LogP) is 24.8. The van der Waals surface area contributed by atoms with E-state index in [2.05, 4.69) is 208 Å². The van der Waals surface area contributed by atoms with Crippen LogP contribution in [-0.4, -0.2) is 74.9 Å². The van der Waals surface area contributed by atoms with Gasteiger partial charge in [-0.25, -0.2) is 4.57 Å². The molecule has 0 saturated heterocycles. The predicted molar refractivity (Wildman–Crippen MR) is 408 cm³/mol. The molecule has 0 rings (SSSR count). The molecule has 94 heavy (non-hydrogen) atoms. The van der Waals surface area contributed by atoms with Crippen LogP contribution in [-0.2, 0) is 32.7 Å². The van der Waals surface area contributed by atoms with Gasteiger partial charge < -0.3 is 18.9 Å². The molecule has 0 fully saturated rings. The Morgan fingerprint density at radius 1 is 0.330 bits per heavy atom. The zero-order valence-electron chi connectivity index (χ0n) is 60.4. The molecular formula is C84H137NO8P+. The van der Waals surface area contributed by atoms with E-state index in [0.29, 0.717) is 17.4 Å². The third kappa shape index (κ3) is 75.9. The second-order valence-electron chi connectivity index (χ2n) is 25.2. The average Bonchev–Trinajstić information content (AvgIpc) is 1.68. The van der Waals surface area contributed by atoms with Crippen LogP contribution >= 0.6 is 7.82 Å².